The number of ketones is 2. The molecule has 5 rings (SSSR count). The molecule has 1 aliphatic heterocycles. The van der Waals surface area contributed by atoms with Crippen LogP contribution in [0, 0.1) is 22.7 Å². The first-order chi connectivity index (χ1) is 19.1. The van der Waals surface area contributed by atoms with Crippen molar-refractivity contribution < 1.29 is 43.6 Å². The summed E-state index contributed by atoms with van der Waals surface area (Å²) in [4.78, 5) is 35.1. The number of unbranched alkanes of at least 4 members (excludes halogenated alkanes) is 4. The van der Waals surface area contributed by atoms with Crippen molar-refractivity contribution in [1.82, 2.24) is 0 Å². The Morgan fingerprint density at radius 3 is 2.41 bits per heavy atom. The van der Waals surface area contributed by atoms with Gasteiger partial charge in [-0.25, -0.2) is 4.39 Å². The number of rotatable bonds is 8. The molecule has 0 aromatic rings. The molecular formula is C32H47FO8. The number of carboxylic acid groups (broad SMARTS) is 1. The minimum absolute atomic E-state index is 0.0109. The first kappa shape index (κ1) is 32.0. The summed E-state index contributed by atoms with van der Waals surface area (Å²) in [6.07, 6.45) is 9.88. The minimum Gasteiger partial charge on any atom is -0.481 e. The van der Waals surface area contributed by atoms with Crippen LogP contribution in [0.25, 0.3) is 0 Å². The van der Waals surface area contributed by atoms with Crippen LogP contribution in [0.4, 0.5) is 4.39 Å². The third-order valence-electron chi connectivity index (χ3n) is 10.7. The van der Waals surface area contributed by atoms with Crippen LogP contribution in [0.1, 0.15) is 98.8 Å². The van der Waals surface area contributed by atoms with Crippen LogP contribution in [-0.2, 0) is 23.9 Å². The van der Waals surface area contributed by atoms with Crippen LogP contribution in [0.2, 0.25) is 0 Å². The Kier molecular flexibility index (Phi) is 8.80. The number of aliphatic hydroxyl groups is 2. The Hall–Kier alpha value is -1.94. The largest absolute Gasteiger partial charge is 0.481 e. The number of aliphatic hydroxyl groups excluding tert-OH is 2. The summed E-state index contributed by atoms with van der Waals surface area (Å²) in [5.74, 6) is -3.13. The smallest absolute Gasteiger partial charge is 0.303 e. The number of carboxylic acids is 1. The van der Waals surface area contributed by atoms with Crippen molar-refractivity contribution in [1.29, 1.82) is 0 Å². The number of aliphatic carboxylic acids is 1. The predicted molar refractivity (Wildman–Crippen MR) is 150 cm³/mol. The van der Waals surface area contributed by atoms with E-state index in [0.29, 0.717) is 25.7 Å². The number of hydrogen-bond donors (Lipinski definition) is 3. The maximum atomic E-state index is 17.1. The van der Waals surface area contributed by atoms with E-state index in [2.05, 4.69) is 6.92 Å². The van der Waals surface area contributed by atoms with Gasteiger partial charge in [0.1, 0.15) is 6.61 Å². The van der Waals surface area contributed by atoms with Gasteiger partial charge in [-0.3, -0.25) is 14.4 Å². The number of fused-ring (bicyclic) bond motifs is 7. The van der Waals surface area contributed by atoms with Gasteiger partial charge in [0, 0.05) is 23.2 Å². The number of hydrogen-bond acceptors (Lipinski definition) is 7. The minimum atomic E-state index is -1.98. The van der Waals surface area contributed by atoms with Crippen molar-refractivity contribution in [2.24, 2.45) is 22.7 Å². The lowest BCUT2D eigenvalue weighted by atomic mass is 9.44. The summed E-state index contributed by atoms with van der Waals surface area (Å²) in [5.41, 5.74) is -4.66. The lowest BCUT2D eigenvalue weighted by Gasteiger charge is -2.62. The molecule has 0 spiro atoms. The van der Waals surface area contributed by atoms with Gasteiger partial charge in [0.25, 0.3) is 0 Å². The quantitative estimate of drug-likeness (QED) is 0.349. The highest BCUT2D eigenvalue weighted by Crippen LogP contribution is 2.72. The van der Waals surface area contributed by atoms with Gasteiger partial charge in [-0.1, -0.05) is 51.2 Å². The van der Waals surface area contributed by atoms with E-state index >= 15 is 4.39 Å². The van der Waals surface area contributed by atoms with Crippen molar-refractivity contribution >= 4 is 17.5 Å². The maximum Gasteiger partial charge on any atom is 0.303 e. The second-order valence-corrected chi connectivity index (χ2v) is 13.5. The average Bonchev–Trinajstić information content (AvgIpc) is 3.30. The van der Waals surface area contributed by atoms with Crippen LogP contribution >= 0.6 is 0 Å². The van der Waals surface area contributed by atoms with Gasteiger partial charge in [0.15, 0.2) is 28.6 Å². The van der Waals surface area contributed by atoms with Gasteiger partial charge in [-0.2, -0.15) is 0 Å². The van der Waals surface area contributed by atoms with Crippen molar-refractivity contribution in [3.05, 3.63) is 23.8 Å². The molecule has 5 aliphatic rings. The molecular weight excluding hydrogens is 531 g/mol. The van der Waals surface area contributed by atoms with Gasteiger partial charge < -0.3 is 24.8 Å². The maximum absolute atomic E-state index is 17.1. The van der Waals surface area contributed by atoms with E-state index in [4.69, 9.17) is 14.6 Å². The van der Waals surface area contributed by atoms with E-state index < -0.39 is 64.4 Å². The summed E-state index contributed by atoms with van der Waals surface area (Å²) in [5, 5.41) is 29.5. The fraction of sp³-hybridized carbons (Fsp3) is 0.781. The number of carbonyl (C=O) groups excluding carboxylic acids is 2. The lowest BCUT2D eigenvalue weighted by molar-refractivity contribution is -0.246. The van der Waals surface area contributed by atoms with Gasteiger partial charge in [-0.05, 0) is 70.9 Å². The monoisotopic (exact) mass is 578 g/mol. The van der Waals surface area contributed by atoms with Crippen molar-refractivity contribution in [2.75, 3.05) is 6.61 Å². The molecule has 230 valence electrons. The Balaban J connectivity index is 0.000000334. The Bertz CT molecular complexity index is 1110. The molecule has 4 aliphatic carbocycles. The van der Waals surface area contributed by atoms with E-state index in [-0.39, 0.29) is 18.1 Å². The topological polar surface area (TPSA) is 130 Å². The van der Waals surface area contributed by atoms with E-state index in [9.17, 15) is 24.6 Å². The summed E-state index contributed by atoms with van der Waals surface area (Å²) in [7, 11) is 0. The highest BCUT2D eigenvalue weighted by Gasteiger charge is 2.79. The average molecular weight is 579 g/mol. The van der Waals surface area contributed by atoms with Crippen molar-refractivity contribution in [3.8, 4) is 0 Å². The Morgan fingerprint density at radius 2 is 1.78 bits per heavy atom. The van der Waals surface area contributed by atoms with Crippen LogP contribution in [0.5, 0.6) is 0 Å². The number of carbonyl (C=O) groups is 3. The van der Waals surface area contributed by atoms with Crippen LogP contribution in [-0.4, -0.2) is 68.7 Å². The molecule has 8 atom stereocenters. The van der Waals surface area contributed by atoms with Crippen LogP contribution in [0.15, 0.2) is 23.8 Å². The molecule has 9 heteroatoms. The number of halogens is 1. The van der Waals surface area contributed by atoms with E-state index in [1.807, 2.05) is 6.92 Å². The molecule has 1 saturated heterocycles. The number of alkyl halides is 1. The first-order valence-electron chi connectivity index (χ1n) is 15.2. The standard InChI is InChI=1S/C24H31FO6.C8H16O2/c1-20(2)30-19-10-16-15-6-5-13-9-14(27)7-8-21(13,3)23(15,25)17(28)11-22(16,4)24(19,31-20)18(29)12-26;1-2-3-4-5-6-7-8(9)10/h7-9,15-17,19,26,28H,5-6,10-12H2,1-4H3;2-7H2,1H3,(H,9,10)/t15-,16-,17-,19+,21-,22-,23-,24+;/m0./s1. The fourth-order valence-electron chi connectivity index (χ4n) is 8.81. The Labute approximate surface area is 242 Å². The summed E-state index contributed by atoms with van der Waals surface area (Å²) in [6.45, 7) is 8.56. The third-order valence-corrected chi connectivity index (χ3v) is 10.7. The highest BCUT2D eigenvalue weighted by molar-refractivity contribution is 6.01. The van der Waals surface area contributed by atoms with E-state index in [1.54, 1.807) is 26.8 Å². The summed E-state index contributed by atoms with van der Waals surface area (Å²) < 4.78 is 29.5. The highest BCUT2D eigenvalue weighted by atomic mass is 19.1. The second-order valence-electron chi connectivity index (χ2n) is 13.5. The molecule has 0 unspecified atom stereocenters. The van der Waals surface area contributed by atoms with Crippen molar-refractivity contribution in [3.63, 3.8) is 0 Å². The molecule has 8 nitrogen and oxygen atoms in total. The van der Waals surface area contributed by atoms with E-state index in [0.717, 1.165) is 18.4 Å². The molecule has 3 N–H and O–H groups in total. The van der Waals surface area contributed by atoms with Crippen molar-refractivity contribution in [2.45, 2.75) is 128 Å². The number of Topliss-reactive ketones (excluding diaryl/α,β-unsaturated/α-hetero) is 1. The molecule has 0 radical (unpaired) electrons. The summed E-state index contributed by atoms with van der Waals surface area (Å²) in [6, 6.07) is 0. The zero-order valence-electron chi connectivity index (χ0n) is 25.1. The van der Waals surface area contributed by atoms with Gasteiger partial charge in [0.05, 0.1) is 12.2 Å². The summed E-state index contributed by atoms with van der Waals surface area (Å²) >= 11 is 0. The SMILES string of the molecule is CC1(C)O[C@@H]2C[C@H]3[C@@H]4CCC5=CC(=O)C=C[C@]5(C)[C@@]4(F)[C@@H](O)C[C@]3(C)[C@]2(C(=O)CO)O1.CCCCCCCC(=O)O. The zero-order chi connectivity index (χ0) is 30.4. The molecule has 41 heavy (non-hydrogen) atoms. The fourth-order valence-corrected chi connectivity index (χ4v) is 8.81. The van der Waals surface area contributed by atoms with Gasteiger partial charge >= 0.3 is 5.97 Å². The molecule has 1 heterocycles. The molecule has 3 saturated carbocycles. The zero-order valence-corrected chi connectivity index (χ0v) is 25.1. The second kappa shape index (κ2) is 11.3. The van der Waals surface area contributed by atoms with Gasteiger partial charge in [0.2, 0.25) is 0 Å². The van der Waals surface area contributed by atoms with Crippen LogP contribution < -0.4 is 0 Å². The van der Waals surface area contributed by atoms with E-state index in [1.165, 1.54) is 31.4 Å². The third kappa shape index (κ3) is 4.94. The molecule has 0 bridgehead atoms. The number of allylic oxidation sites excluding steroid dienone is 4. The Morgan fingerprint density at radius 1 is 1.10 bits per heavy atom. The normalized spacial score (nSPS) is 41.8. The molecule has 0 aromatic carbocycles. The number of ether oxygens (including phenoxy) is 2. The first-order valence-corrected chi connectivity index (χ1v) is 15.2. The lowest BCUT2D eigenvalue weighted by Crippen LogP contribution is -2.70. The molecule has 4 fully saturated rings. The predicted octanol–water partition coefficient (Wildman–Crippen LogP) is 4.85. The molecule has 0 aromatic heterocycles. The van der Waals surface area contributed by atoms with Crippen LogP contribution in [0.3, 0.4) is 0 Å². The van der Waals surface area contributed by atoms with Gasteiger partial charge in [-0.15, -0.1) is 0 Å². The molecule has 0 amide bonds.